The summed E-state index contributed by atoms with van der Waals surface area (Å²) in [5.41, 5.74) is 2.11. The number of anilines is 1. The van der Waals surface area contributed by atoms with Crippen molar-refractivity contribution in [3.8, 4) is 0 Å². The summed E-state index contributed by atoms with van der Waals surface area (Å²) in [7, 11) is 0. The number of thioether (sulfide) groups is 1. The minimum absolute atomic E-state index is 0.0785. The zero-order valence-corrected chi connectivity index (χ0v) is 15.1. The van der Waals surface area contributed by atoms with Gasteiger partial charge in [-0.05, 0) is 54.0 Å². The molecule has 0 spiro atoms. The van der Waals surface area contributed by atoms with Crippen LogP contribution in [-0.2, 0) is 4.79 Å². The molecule has 4 heteroatoms. The number of halogens is 1. The number of hydrogen-bond donors (Lipinski definition) is 1. The number of carbonyl (C=O) groups excluding carboxylic acids is 1. The normalized spacial score (nSPS) is 10.8. The van der Waals surface area contributed by atoms with Crippen LogP contribution in [-0.4, -0.2) is 11.7 Å². The molecule has 2 nitrogen and oxygen atoms in total. The van der Waals surface area contributed by atoms with Gasteiger partial charge in [-0.1, -0.05) is 43.6 Å². The van der Waals surface area contributed by atoms with Gasteiger partial charge in [0, 0.05) is 22.0 Å². The van der Waals surface area contributed by atoms with Gasteiger partial charge >= 0.3 is 0 Å². The molecule has 23 heavy (non-hydrogen) atoms. The number of hydrogen-bond acceptors (Lipinski definition) is 2. The number of nitrogens with one attached hydrogen (secondary N) is 1. The van der Waals surface area contributed by atoms with Gasteiger partial charge in [0.25, 0.3) is 0 Å². The minimum Gasteiger partial charge on any atom is -0.326 e. The van der Waals surface area contributed by atoms with Crippen molar-refractivity contribution in [1.29, 1.82) is 0 Å². The predicted octanol–water partition coefficient (Wildman–Crippen LogP) is 5.97. The largest absolute Gasteiger partial charge is 0.326 e. The average Bonchev–Trinajstić information content (AvgIpc) is 2.53. The van der Waals surface area contributed by atoms with Gasteiger partial charge in [-0.2, -0.15) is 0 Å². The van der Waals surface area contributed by atoms with Crippen LogP contribution in [0.1, 0.15) is 38.2 Å². The number of para-hydroxylation sites is 1. The Hall–Kier alpha value is -1.45. The lowest BCUT2D eigenvalue weighted by molar-refractivity contribution is -0.116. The van der Waals surface area contributed by atoms with E-state index in [1.165, 1.54) is 10.5 Å². The topological polar surface area (TPSA) is 29.1 Å². The third-order valence-electron chi connectivity index (χ3n) is 3.49. The first kappa shape index (κ1) is 17.9. The average molecular weight is 348 g/mol. The summed E-state index contributed by atoms with van der Waals surface area (Å²) in [6.45, 7) is 4.27. The summed E-state index contributed by atoms with van der Waals surface area (Å²) < 4.78 is 0. The molecule has 2 aromatic rings. The Morgan fingerprint density at radius 1 is 1.13 bits per heavy atom. The number of amides is 1. The molecule has 0 unspecified atom stereocenters. The van der Waals surface area contributed by atoms with Crippen LogP contribution in [0.3, 0.4) is 0 Å². The molecule has 0 bridgehead atoms. The van der Waals surface area contributed by atoms with Crippen LogP contribution in [0.4, 0.5) is 5.69 Å². The molecule has 0 atom stereocenters. The summed E-state index contributed by atoms with van der Waals surface area (Å²) in [5, 5.41) is 3.78. The minimum atomic E-state index is 0.0785. The van der Waals surface area contributed by atoms with Gasteiger partial charge in [0.05, 0.1) is 0 Å². The van der Waals surface area contributed by atoms with Crippen LogP contribution in [0.15, 0.2) is 53.4 Å². The summed E-state index contributed by atoms with van der Waals surface area (Å²) in [6.07, 6.45) is 1.38. The fourth-order valence-corrected chi connectivity index (χ4v) is 3.26. The van der Waals surface area contributed by atoms with E-state index in [2.05, 4.69) is 25.2 Å². The van der Waals surface area contributed by atoms with Gasteiger partial charge in [0.2, 0.25) is 5.91 Å². The molecule has 0 aliphatic rings. The Morgan fingerprint density at radius 2 is 1.83 bits per heavy atom. The van der Waals surface area contributed by atoms with Crippen molar-refractivity contribution in [3.63, 3.8) is 0 Å². The smallest absolute Gasteiger partial charge is 0.224 e. The molecule has 0 aliphatic heterocycles. The third-order valence-corrected chi connectivity index (χ3v) is 4.84. The van der Waals surface area contributed by atoms with E-state index in [0.29, 0.717) is 12.3 Å². The highest BCUT2D eigenvalue weighted by Gasteiger charge is 2.08. The fraction of sp³-hybridized carbons (Fsp3) is 0.316. The lowest BCUT2D eigenvalue weighted by atomic mass is 10.0. The molecule has 0 saturated carbocycles. The van der Waals surface area contributed by atoms with Crippen LogP contribution in [0.5, 0.6) is 0 Å². The highest BCUT2D eigenvalue weighted by Crippen LogP contribution is 2.24. The van der Waals surface area contributed by atoms with Gasteiger partial charge in [-0.15, -0.1) is 11.8 Å². The summed E-state index contributed by atoms with van der Waals surface area (Å²) in [5.74, 6) is 1.39. The summed E-state index contributed by atoms with van der Waals surface area (Å²) in [4.78, 5) is 13.3. The fourth-order valence-electron chi connectivity index (χ4n) is 2.28. The Bertz CT molecular complexity index is 640. The van der Waals surface area contributed by atoms with Gasteiger partial charge in [-0.3, -0.25) is 4.79 Å². The molecule has 1 amide bonds. The molecule has 0 aromatic heterocycles. The molecular weight excluding hydrogens is 326 g/mol. The van der Waals surface area contributed by atoms with E-state index < -0.39 is 0 Å². The Morgan fingerprint density at radius 3 is 2.52 bits per heavy atom. The van der Waals surface area contributed by atoms with Gasteiger partial charge in [-0.25, -0.2) is 0 Å². The van der Waals surface area contributed by atoms with Gasteiger partial charge in [0.15, 0.2) is 0 Å². The Balaban J connectivity index is 1.76. The predicted molar refractivity (Wildman–Crippen MR) is 101 cm³/mol. The zero-order chi connectivity index (χ0) is 16.7. The first-order valence-corrected chi connectivity index (χ1v) is 9.20. The van der Waals surface area contributed by atoms with Crippen molar-refractivity contribution < 1.29 is 4.79 Å². The van der Waals surface area contributed by atoms with E-state index in [1.807, 2.05) is 42.5 Å². The lowest BCUT2D eigenvalue weighted by Crippen LogP contribution is -2.13. The molecule has 0 saturated heterocycles. The number of rotatable bonds is 7. The van der Waals surface area contributed by atoms with Crippen molar-refractivity contribution in [2.45, 2.75) is 37.5 Å². The van der Waals surface area contributed by atoms with E-state index in [9.17, 15) is 4.79 Å². The monoisotopic (exact) mass is 347 g/mol. The van der Waals surface area contributed by atoms with E-state index in [0.717, 1.165) is 22.9 Å². The van der Waals surface area contributed by atoms with E-state index >= 15 is 0 Å². The van der Waals surface area contributed by atoms with Crippen molar-refractivity contribution in [1.82, 2.24) is 0 Å². The van der Waals surface area contributed by atoms with E-state index in [4.69, 9.17) is 11.6 Å². The van der Waals surface area contributed by atoms with Crippen LogP contribution >= 0.6 is 23.4 Å². The van der Waals surface area contributed by atoms with Crippen LogP contribution in [0.2, 0.25) is 5.02 Å². The van der Waals surface area contributed by atoms with E-state index in [-0.39, 0.29) is 5.91 Å². The molecule has 2 rings (SSSR count). The van der Waals surface area contributed by atoms with E-state index in [1.54, 1.807) is 11.8 Å². The Kier molecular flexibility index (Phi) is 7.00. The SMILES string of the molecule is CC(C)c1ccccc1NC(=O)CCCSc1ccc(Cl)cc1. The highest BCUT2D eigenvalue weighted by atomic mass is 35.5. The molecule has 0 radical (unpaired) electrons. The van der Waals surface area contributed by atoms with Crippen molar-refractivity contribution in [2.24, 2.45) is 0 Å². The second-order valence-electron chi connectivity index (χ2n) is 5.70. The highest BCUT2D eigenvalue weighted by molar-refractivity contribution is 7.99. The second kappa shape index (κ2) is 8.99. The van der Waals surface area contributed by atoms with Crippen molar-refractivity contribution in [3.05, 3.63) is 59.1 Å². The molecule has 122 valence electrons. The maximum Gasteiger partial charge on any atom is 0.224 e. The molecule has 0 heterocycles. The lowest BCUT2D eigenvalue weighted by Gasteiger charge is -2.13. The maximum atomic E-state index is 12.1. The summed E-state index contributed by atoms with van der Waals surface area (Å²) >= 11 is 7.61. The Labute approximate surface area is 147 Å². The van der Waals surface area contributed by atoms with Crippen LogP contribution in [0, 0.1) is 0 Å². The number of carbonyl (C=O) groups is 1. The standard InChI is InChI=1S/C19H22ClNOS/c1-14(2)17-6-3-4-7-18(17)21-19(22)8-5-13-23-16-11-9-15(20)10-12-16/h3-4,6-7,9-12,14H,5,8,13H2,1-2H3,(H,21,22). The molecule has 0 fully saturated rings. The second-order valence-corrected chi connectivity index (χ2v) is 7.30. The molecular formula is C19H22ClNOS. The quantitative estimate of drug-likeness (QED) is 0.493. The maximum absolute atomic E-state index is 12.1. The van der Waals surface area contributed by atoms with Crippen molar-refractivity contribution >= 4 is 35.0 Å². The zero-order valence-electron chi connectivity index (χ0n) is 13.5. The number of benzene rings is 2. The van der Waals surface area contributed by atoms with Crippen LogP contribution < -0.4 is 5.32 Å². The van der Waals surface area contributed by atoms with Gasteiger partial charge in [0.1, 0.15) is 0 Å². The van der Waals surface area contributed by atoms with Crippen LogP contribution in [0.25, 0.3) is 0 Å². The molecule has 0 aliphatic carbocycles. The first-order chi connectivity index (χ1) is 11.1. The molecule has 1 N–H and O–H groups in total. The summed E-state index contributed by atoms with van der Waals surface area (Å²) in [6, 6.07) is 15.8. The van der Waals surface area contributed by atoms with Crippen molar-refractivity contribution in [2.75, 3.05) is 11.1 Å². The van der Waals surface area contributed by atoms with Gasteiger partial charge < -0.3 is 5.32 Å². The third kappa shape index (κ3) is 5.92. The molecule has 2 aromatic carbocycles. The first-order valence-electron chi connectivity index (χ1n) is 7.83.